The number of halogens is 1. The Kier molecular flexibility index (Phi) is 6.04. The zero-order valence-electron chi connectivity index (χ0n) is 13.7. The van der Waals surface area contributed by atoms with Crippen LogP contribution in [0.2, 0.25) is 5.02 Å². The van der Waals surface area contributed by atoms with Gasteiger partial charge >= 0.3 is 5.97 Å². The van der Waals surface area contributed by atoms with Gasteiger partial charge in [0.15, 0.2) is 5.82 Å². The molecule has 1 heterocycles. The molecule has 0 amide bonds. The van der Waals surface area contributed by atoms with Gasteiger partial charge in [0.1, 0.15) is 0 Å². The van der Waals surface area contributed by atoms with Gasteiger partial charge in [0.25, 0.3) is 0 Å². The molecular formula is C17H22ClN3O2. The van der Waals surface area contributed by atoms with E-state index >= 15 is 0 Å². The summed E-state index contributed by atoms with van der Waals surface area (Å²) in [7, 11) is 3.79. The van der Waals surface area contributed by atoms with E-state index in [0.717, 1.165) is 35.5 Å². The minimum atomic E-state index is -0.238. The highest BCUT2D eigenvalue weighted by Gasteiger charge is 2.19. The molecule has 1 aromatic carbocycles. The third kappa shape index (κ3) is 4.48. The van der Waals surface area contributed by atoms with Gasteiger partial charge in [0.2, 0.25) is 0 Å². The molecule has 0 aliphatic heterocycles. The minimum Gasteiger partial charge on any atom is -0.465 e. The number of unbranched alkanes of at least 4 members (excludes halogenated alkanes) is 1. The first-order valence-corrected chi connectivity index (χ1v) is 8.06. The van der Waals surface area contributed by atoms with Gasteiger partial charge in [0, 0.05) is 30.2 Å². The molecule has 2 rings (SSSR count). The van der Waals surface area contributed by atoms with Crippen LogP contribution in [0.15, 0.2) is 24.3 Å². The molecule has 0 saturated heterocycles. The van der Waals surface area contributed by atoms with Gasteiger partial charge in [-0.1, -0.05) is 37.1 Å². The van der Waals surface area contributed by atoms with Gasteiger partial charge in [-0.05, 0) is 18.6 Å². The predicted octanol–water partition coefficient (Wildman–Crippen LogP) is 3.68. The maximum Gasteiger partial charge on any atom is 0.310 e. The predicted molar refractivity (Wildman–Crippen MR) is 92.9 cm³/mol. The van der Waals surface area contributed by atoms with Crippen molar-refractivity contribution < 1.29 is 9.53 Å². The quantitative estimate of drug-likeness (QED) is 0.619. The maximum absolute atomic E-state index is 12.1. The van der Waals surface area contributed by atoms with E-state index in [1.54, 1.807) is 0 Å². The summed E-state index contributed by atoms with van der Waals surface area (Å²) in [5.41, 5.74) is 2.59. The van der Waals surface area contributed by atoms with E-state index < -0.39 is 0 Å². The fourth-order valence-electron chi connectivity index (χ4n) is 2.27. The number of aromatic nitrogens is 2. The largest absolute Gasteiger partial charge is 0.465 e. The van der Waals surface area contributed by atoms with Gasteiger partial charge in [-0.2, -0.15) is 5.10 Å². The fraction of sp³-hybridized carbons (Fsp3) is 0.412. The van der Waals surface area contributed by atoms with E-state index in [9.17, 15) is 4.79 Å². The van der Waals surface area contributed by atoms with Crippen molar-refractivity contribution >= 4 is 23.4 Å². The number of benzene rings is 1. The number of nitrogens with one attached hydrogen (secondary N) is 1. The van der Waals surface area contributed by atoms with Crippen molar-refractivity contribution in [2.75, 3.05) is 25.6 Å². The van der Waals surface area contributed by atoms with Crippen LogP contribution >= 0.6 is 11.6 Å². The first-order chi connectivity index (χ1) is 11.0. The number of anilines is 1. The average molecular weight is 336 g/mol. The highest BCUT2D eigenvalue weighted by Crippen LogP contribution is 2.29. The number of H-pyrrole nitrogens is 1. The number of hydrogen-bond acceptors (Lipinski definition) is 4. The lowest BCUT2D eigenvalue weighted by molar-refractivity contribution is -0.142. The Bertz CT molecular complexity index is 650. The molecule has 23 heavy (non-hydrogen) atoms. The second-order valence-electron chi connectivity index (χ2n) is 5.55. The van der Waals surface area contributed by atoms with Crippen LogP contribution in [0.25, 0.3) is 11.3 Å². The third-order valence-electron chi connectivity index (χ3n) is 3.48. The summed E-state index contributed by atoms with van der Waals surface area (Å²) in [5.74, 6) is 0.501. The van der Waals surface area contributed by atoms with Crippen LogP contribution < -0.4 is 4.90 Å². The zero-order valence-corrected chi connectivity index (χ0v) is 14.5. The lowest BCUT2D eigenvalue weighted by Crippen LogP contribution is -2.15. The average Bonchev–Trinajstić information content (AvgIpc) is 2.92. The summed E-state index contributed by atoms with van der Waals surface area (Å²) >= 11 is 5.94. The highest BCUT2D eigenvalue weighted by molar-refractivity contribution is 6.30. The Morgan fingerprint density at radius 2 is 2.00 bits per heavy atom. The van der Waals surface area contributed by atoms with Crippen LogP contribution in [0.4, 0.5) is 5.82 Å². The first kappa shape index (κ1) is 17.3. The van der Waals surface area contributed by atoms with E-state index in [1.165, 1.54) is 0 Å². The van der Waals surface area contributed by atoms with Crippen molar-refractivity contribution in [3.8, 4) is 11.3 Å². The van der Waals surface area contributed by atoms with Crippen LogP contribution in [0.3, 0.4) is 0 Å². The zero-order chi connectivity index (χ0) is 16.8. The number of hydrogen-bond donors (Lipinski definition) is 1. The molecule has 0 spiro atoms. The molecule has 124 valence electrons. The molecule has 6 heteroatoms. The molecule has 0 bridgehead atoms. The monoisotopic (exact) mass is 335 g/mol. The van der Waals surface area contributed by atoms with Crippen LogP contribution in [0, 0.1) is 0 Å². The van der Waals surface area contributed by atoms with Gasteiger partial charge in [-0.15, -0.1) is 0 Å². The number of carbonyl (C=O) groups is 1. The molecule has 0 atom stereocenters. The molecule has 1 N–H and O–H groups in total. The van der Waals surface area contributed by atoms with E-state index in [0.29, 0.717) is 11.6 Å². The molecule has 0 fully saturated rings. The van der Waals surface area contributed by atoms with Crippen molar-refractivity contribution in [2.45, 2.75) is 26.2 Å². The van der Waals surface area contributed by atoms with Crippen molar-refractivity contribution in [1.29, 1.82) is 0 Å². The number of aromatic amines is 1. The van der Waals surface area contributed by atoms with Crippen LogP contribution in [-0.4, -0.2) is 36.9 Å². The standard InChI is InChI=1S/C17H22ClN3O2/c1-4-5-10-23-15(22)11-14-16(19-20-17(14)21(2)3)12-6-8-13(18)9-7-12/h6-9H,4-5,10-11H2,1-3H3,(H,19,20). The Hall–Kier alpha value is -2.01. The smallest absolute Gasteiger partial charge is 0.310 e. The van der Waals surface area contributed by atoms with Gasteiger partial charge in [0.05, 0.1) is 18.7 Å². The van der Waals surface area contributed by atoms with Crippen molar-refractivity contribution in [1.82, 2.24) is 10.2 Å². The van der Waals surface area contributed by atoms with Gasteiger partial charge < -0.3 is 9.64 Å². The summed E-state index contributed by atoms with van der Waals surface area (Å²) in [4.78, 5) is 14.0. The molecule has 0 unspecified atom stereocenters. The number of esters is 1. The molecular weight excluding hydrogens is 314 g/mol. The third-order valence-corrected chi connectivity index (χ3v) is 3.74. The van der Waals surface area contributed by atoms with Crippen LogP contribution in [-0.2, 0) is 16.0 Å². The van der Waals surface area contributed by atoms with Gasteiger partial charge in [-0.25, -0.2) is 0 Å². The number of nitrogens with zero attached hydrogens (tertiary/aromatic N) is 2. The summed E-state index contributed by atoms with van der Waals surface area (Å²) < 4.78 is 5.28. The Balaban J connectivity index is 2.26. The first-order valence-electron chi connectivity index (χ1n) is 7.69. The number of carbonyl (C=O) groups excluding carboxylic acids is 1. The summed E-state index contributed by atoms with van der Waals surface area (Å²) in [6.45, 7) is 2.52. The SMILES string of the molecule is CCCCOC(=O)Cc1c(N(C)C)n[nH]c1-c1ccc(Cl)cc1. The van der Waals surface area contributed by atoms with Gasteiger partial charge in [-0.3, -0.25) is 9.89 Å². The van der Waals surface area contributed by atoms with E-state index in [-0.39, 0.29) is 12.4 Å². The van der Waals surface area contributed by atoms with Crippen molar-refractivity contribution in [2.24, 2.45) is 0 Å². The van der Waals surface area contributed by atoms with E-state index in [1.807, 2.05) is 43.3 Å². The lowest BCUT2D eigenvalue weighted by atomic mass is 10.0. The van der Waals surface area contributed by atoms with Crippen molar-refractivity contribution in [3.63, 3.8) is 0 Å². The summed E-state index contributed by atoms with van der Waals surface area (Å²) in [5, 5.41) is 8.01. The topological polar surface area (TPSA) is 58.2 Å². The Labute approximate surface area is 141 Å². The fourth-order valence-corrected chi connectivity index (χ4v) is 2.40. The molecule has 0 aliphatic rings. The summed E-state index contributed by atoms with van der Waals surface area (Å²) in [6.07, 6.45) is 2.06. The minimum absolute atomic E-state index is 0.186. The Morgan fingerprint density at radius 1 is 1.30 bits per heavy atom. The molecule has 0 radical (unpaired) electrons. The Morgan fingerprint density at radius 3 is 2.61 bits per heavy atom. The van der Waals surface area contributed by atoms with E-state index in [4.69, 9.17) is 16.3 Å². The second-order valence-corrected chi connectivity index (χ2v) is 5.99. The molecule has 0 aliphatic carbocycles. The molecule has 2 aromatic rings. The molecule has 5 nitrogen and oxygen atoms in total. The molecule has 1 aromatic heterocycles. The number of ether oxygens (including phenoxy) is 1. The maximum atomic E-state index is 12.1. The second kappa shape index (κ2) is 8.02. The van der Waals surface area contributed by atoms with Crippen LogP contribution in [0.5, 0.6) is 0 Å². The highest BCUT2D eigenvalue weighted by atomic mass is 35.5. The lowest BCUT2D eigenvalue weighted by Gasteiger charge is -2.12. The number of rotatable bonds is 7. The van der Waals surface area contributed by atoms with Crippen molar-refractivity contribution in [3.05, 3.63) is 34.9 Å². The normalized spacial score (nSPS) is 10.6. The molecule has 0 saturated carbocycles. The van der Waals surface area contributed by atoms with E-state index in [2.05, 4.69) is 17.1 Å². The summed E-state index contributed by atoms with van der Waals surface area (Å²) in [6, 6.07) is 7.44. The van der Waals surface area contributed by atoms with Crippen LogP contribution in [0.1, 0.15) is 25.3 Å².